The van der Waals surface area contributed by atoms with E-state index in [4.69, 9.17) is 9.47 Å². The molecule has 6 rings (SSSR count). The van der Waals surface area contributed by atoms with Gasteiger partial charge in [-0.05, 0) is 59.1 Å². The van der Waals surface area contributed by atoms with Crippen LogP contribution in [-0.2, 0) is 23.9 Å². The summed E-state index contributed by atoms with van der Waals surface area (Å²) in [6.45, 7) is 7.42. The Labute approximate surface area is 218 Å². The number of aromatic nitrogens is 2. The molecule has 3 aliphatic heterocycles. The van der Waals surface area contributed by atoms with E-state index >= 15 is 0 Å². The first-order valence-electron chi connectivity index (χ1n) is 12.6. The van der Waals surface area contributed by atoms with Gasteiger partial charge >= 0.3 is 6.09 Å². The number of nitrogens with one attached hydrogen (secondary N) is 3. The van der Waals surface area contributed by atoms with Crippen molar-refractivity contribution < 1.29 is 28.7 Å². The Balaban J connectivity index is 1.32. The molecule has 2 aromatic rings. The van der Waals surface area contributed by atoms with Crippen molar-refractivity contribution in [3.63, 3.8) is 0 Å². The number of rotatable bonds is 5. The van der Waals surface area contributed by atoms with Gasteiger partial charge in [0.05, 0.1) is 28.7 Å². The summed E-state index contributed by atoms with van der Waals surface area (Å²) in [5.74, 6) is -0.847. The van der Waals surface area contributed by atoms with Crippen LogP contribution in [0.2, 0.25) is 0 Å². The van der Waals surface area contributed by atoms with Crippen molar-refractivity contribution >= 4 is 40.4 Å². The van der Waals surface area contributed by atoms with Gasteiger partial charge in [0.25, 0.3) is 5.56 Å². The average molecular weight is 526 g/mol. The molecule has 1 unspecified atom stereocenters. The summed E-state index contributed by atoms with van der Waals surface area (Å²) in [4.78, 5) is 67.3. The molecule has 4 amide bonds. The van der Waals surface area contributed by atoms with Crippen LogP contribution in [-0.4, -0.2) is 57.7 Å². The highest BCUT2D eigenvalue weighted by Crippen LogP contribution is 2.58. The molecular formula is C26H31N5O7. The number of imide groups is 1. The number of aryl methyl sites for hydroxylation is 1. The molecule has 1 aliphatic carbocycles. The molecule has 1 aromatic carbocycles. The Morgan fingerprint density at radius 1 is 1.24 bits per heavy atom. The quantitative estimate of drug-likeness (QED) is 0.498. The Bertz CT molecular complexity index is 1420. The van der Waals surface area contributed by atoms with E-state index in [1.165, 1.54) is 4.57 Å². The van der Waals surface area contributed by atoms with Crippen molar-refractivity contribution in [1.29, 1.82) is 0 Å². The van der Waals surface area contributed by atoms with E-state index in [0.717, 1.165) is 0 Å². The average Bonchev–Trinajstić information content (AvgIpc) is 3.36. The number of fused-ring (bicyclic) bond motifs is 2. The predicted molar refractivity (Wildman–Crippen MR) is 135 cm³/mol. The summed E-state index contributed by atoms with van der Waals surface area (Å²) in [6.07, 6.45) is 0.698. The molecule has 202 valence electrons. The number of ether oxygens (including phenoxy) is 2. The van der Waals surface area contributed by atoms with Crippen molar-refractivity contribution in [3.05, 3.63) is 34.4 Å². The van der Waals surface area contributed by atoms with Crippen LogP contribution in [0.25, 0.3) is 10.9 Å². The van der Waals surface area contributed by atoms with E-state index in [0.29, 0.717) is 29.9 Å². The number of piperidine rings is 1. The molecule has 0 radical (unpaired) electrons. The van der Waals surface area contributed by atoms with Crippen molar-refractivity contribution in [3.8, 4) is 0 Å². The molecule has 3 N–H and O–H groups in total. The van der Waals surface area contributed by atoms with Crippen molar-refractivity contribution in [2.45, 2.75) is 70.6 Å². The number of alkyl carbamates (subject to hydrolysis) is 1. The zero-order valence-electron chi connectivity index (χ0n) is 21.8. The first-order valence-corrected chi connectivity index (χ1v) is 12.6. The minimum atomic E-state index is -0.831. The first kappa shape index (κ1) is 25.8. The summed E-state index contributed by atoms with van der Waals surface area (Å²) >= 11 is 0. The number of benzene rings is 1. The van der Waals surface area contributed by atoms with Crippen LogP contribution in [0.15, 0.2) is 23.0 Å². The molecule has 4 heterocycles. The van der Waals surface area contributed by atoms with E-state index in [2.05, 4.69) is 20.9 Å². The molecule has 12 heteroatoms. The Hall–Kier alpha value is -3.80. The third kappa shape index (κ3) is 4.53. The van der Waals surface area contributed by atoms with E-state index in [-0.39, 0.29) is 43.2 Å². The predicted octanol–water partition coefficient (Wildman–Crippen LogP) is 1.70. The Kier molecular flexibility index (Phi) is 6.05. The number of nitrogens with zero attached hydrogens (tertiary/aromatic N) is 2. The van der Waals surface area contributed by atoms with Crippen LogP contribution < -0.4 is 21.5 Å². The fraction of sp³-hybridized carbons (Fsp3) is 0.538. The molecular weight excluding hydrogens is 494 g/mol. The van der Waals surface area contributed by atoms with Gasteiger partial charge in [-0.25, -0.2) is 9.78 Å². The van der Waals surface area contributed by atoms with Gasteiger partial charge in [-0.1, -0.05) is 6.07 Å². The van der Waals surface area contributed by atoms with Crippen LogP contribution >= 0.6 is 0 Å². The minimum Gasteiger partial charge on any atom is -0.444 e. The Morgan fingerprint density at radius 3 is 2.66 bits per heavy atom. The van der Waals surface area contributed by atoms with Gasteiger partial charge in [0.15, 0.2) is 0 Å². The summed E-state index contributed by atoms with van der Waals surface area (Å²) in [7, 11) is 0. The zero-order chi connectivity index (χ0) is 27.5. The number of carbonyl (C=O) groups is 4. The fourth-order valence-corrected chi connectivity index (χ4v) is 5.61. The second kappa shape index (κ2) is 8.90. The second-order valence-electron chi connectivity index (χ2n) is 11.4. The van der Waals surface area contributed by atoms with Crippen molar-refractivity contribution in [2.75, 3.05) is 18.5 Å². The lowest BCUT2D eigenvalue weighted by Gasteiger charge is -2.43. The molecule has 38 heavy (non-hydrogen) atoms. The number of para-hydroxylation sites is 1. The smallest absolute Gasteiger partial charge is 0.407 e. The normalized spacial score (nSPS) is 26.5. The highest BCUT2D eigenvalue weighted by Gasteiger charge is 2.66. The number of anilines is 1. The third-order valence-corrected chi connectivity index (χ3v) is 7.29. The zero-order valence-corrected chi connectivity index (χ0v) is 21.8. The maximum Gasteiger partial charge on any atom is 0.407 e. The van der Waals surface area contributed by atoms with Gasteiger partial charge in [0, 0.05) is 13.0 Å². The molecule has 1 saturated carbocycles. The van der Waals surface area contributed by atoms with Gasteiger partial charge in [-0.2, -0.15) is 0 Å². The second-order valence-corrected chi connectivity index (χ2v) is 11.4. The Morgan fingerprint density at radius 2 is 1.97 bits per heavy atom. The molecule has 4 fully saturated rings. The van der Waals surface area contributed by atoms with Crippen LogP contribution in [0.3, 0.4) is 0 Å². The van der Waals surface area contributed by atoms with Gasteiger partial charge in [0.1, 0.15) is 23.0 Å². The summed E-state index contributed by atoms with van der Waals surface area (Å²) in [5.41, 5.74) is -1.69. The number of carbonyl (C=O) groups excluding carboxylic acids is 4. The largest absolute Gasteiger partial charge is 0.444 e. The fourth-order valence-electron chi connectivity index (χ4n) is 5.61. The van der Waals surface area contributed by atoms with Crippen LogP contribution in [0.4, 0.5) is 10.5 Å². The summed E-state index contributed by atoms with van der Waals surface area (Å²) in [5, 5.41) is 8.17. The van der Waals surface area contributed by atoms with Crippen molar-refractivity contribution in [2.24, 2.45) is 5.41 Å². The van der Waals surface area contributed by atoms with Gasteiger partial charge in [-0.3, -0.25) is 29.1 Å². The maximum absolute atomic E-state index is 13.4. The summed E-state index contributed by atoms with van der Waals surface area (Å²) in [6, 6.07) is 4.08. The lowest BCUT2D eigenvalue weighted by Crippen LogP contribution is -2.55. The van der Waals surface area contributed by atoms with E-state index in [1.807, 2.05) is 0 Å². The minimum absolute atomic E-state index is 0.134. The van der Waals surface area contributed by atoms with Gasteiger partial charge in [0.2, 0.25) is 17.7 Å². The third-order valence-electron chi connectivity index (χ3n) is 7.29. The monoisotopic (exact) mass is 525 g/mol. The van der Waals surface area contributed by atoms with Crippen molar-refractivity contribution in [1.82, 2.24) is 20.2 Å². The lowest BCUT2D eigenvalue weighted by atomic mass is 9.62. The number of hydrogen-bond acceptors (Lipinski definition) is 8. The molecule has 1 atom stereocenters. The topological polar surface area (TPSA) is 158 Å². The standard InChI is InChI=1S/C26H31N5O7/c1-14-28-19-15(21(34)31(14)17-8-9-18(32)30-20(17)33)6-5-7-16(19)29-22(35)25-10-26(11-25,37-13-25)12-27-23(36)38-24(2,3)4/h5-7,17H,8-13H2,1-4H3,(H,27,36)(H,29,35)(H,30,32,33). The van der Waals surface area contributed by atoms with E-state index in [1.54, 1.807) is 45.9 Å². The number of amides is 4. The van der Waals surface area contributed by atoms with Gasteiger partial charge in [-0.15, -0.1) is 0 Å². The molecule has 3 saturated heterocycles. The van der Waals surface area contributed by atoms with Crippen LogP contribution in [0.1, 0.15) is 58.3 Å². The highest BCUT2D eigenvalue weighted by atomic mass is 16.6. The maximum atomic E-state index is 13.4. The highest BCUT2D eigenvalue weighted by molar-refractivity contribution is 6.03. The lowest BCUT2D eigenvalue weighted by molar-refractivity contribution is -0.136. The van der Waals surface area contributed by atoms with Gasteiger partial charge < -0.3 is 20.1 Å². The molecule has 0 spiro atoms. The summed E-state index contributed by atoms with van der Waals surface area (Å²) < 4.78 is 12.5. The molecule has 12 nitrogen and oxygen atoms in total. The first-order chi connectivity index (χ1) is 17.8. The van der Waals surface area contributed by atoms with Crippen LogP contribution in [0, 0.1) is 12.3 Å². The van der Waals surface area contributed by atoms with E-state index in [9.17, 15) is 24.0 Å². The van der Waals surface area contributed by atoms with Crippen LogP contribution in [0.5, 0.6) is 0 Å². The molecule has 1 aromatic heterocycles. The molecule has 2 bridgehead atoms. The molecule has 4 aliphatic rings. The SMILES string of the molecule is Cc1nc2c(NC(=O)C34COC(CNC(=O)OC(C)(C)C)(C3)C4)cccc2c(=O)n1C1CCC(=O)NC1=O. The number of hydrogen-bond donors (Lipinski definition) is 3. The van der Waals surface area contributed by atoms with E-state index < -0.39 is 40.2 Å².